The molecule has 2 heterocycles. The van der Waals surface area contributed by atoms with E-state index >= 15 is 0 Å². The highest BCUT2D eigenvalue weighted by molar-refractivity contribution is 6.16. The molecule has 0 aliphatic heterocycles. The van der Waals surface area contributed by atoms with Crippen LogP contribution in [0.4, 0.5) is 0 Å². The van der Waals surface area contributed by atoms with Gasteiger partial charge in [-0.1, -0.05) is 121 Å². The predicted molar refractivity (Wildman–Crippen MR) is 206 cm³/mol. The Bertz CT molecular complexity index is 2620. The van der Waals surface area contributed by atoms with Crippen LogP contribution in [0.15, 0.2) is 133 Å². The number of benzene rings is 6. The van der Waals surface area contributed by atoms with Crippen LogP contribution in [0, 0.1) is 23.7 Å². The summed E-state index contributed by atoms with van der Waals surface area (Å²) in [5, 5.41) is 5.02. The number of hydrogen-bond donors (Lipinski definition) is 0. The Morgan fingerprint density at radius 1 is 0.510 bits per heavy atom. The number of aromatic nitrogens is 4. The van der Waals surface area contributed by atoms with Crippen molar-refractivity contribution in [3.05, 3.63) is 145 Å². The van der Waals surface area contributed by atoms with Gasteiger partial charge in [-0.15, -0.1) is 0 Å². The van der Waals surface area contributed by atoms with E-state index in [9.17, 15) is 0 Å². The summed E-state index contributed by atoms with van der Waals surface area (Å²) in [5.41, 5.74) is 10.3. The highest BCUT2D eigenvalue weighted by atomic mass is 15.2. The molecular weight excluding hydrogens is 621 g/mol. The molecule has 4 bridgehead atoms. The first-order valence-corrected chi connectivity index (χ1v) is 18.7. The summed E-state index contributed by atoms with van der Waals surface area (Å²) in [7, 11) is 0. The molecule has 4 fully saturated rings. The van der Waals surface area contributed by atoms with E-state index in [1.165, 1.54) is 75.9 Å². The molecule has 0 radical (unpaired) electrons. The van der Waals surface area contributed by atoms with Crippen molar-refractivity contribution >= 4 is 32.6 Å². The first-order chi connectivity index (χ1) is 25.2. The van der Waals surface area contributed by atoms with E-state index in [0.717, 1.165) is 28.5 Å². The normalized spacial score (nSPS) is 24.2. The lowest BCUT2D eigenvalue weighted by atomic mass is 9.43. The molecule has 8 aromatic rings. The van der Waals surface area contributed by atoms with Gasteiger partial charge in [-0.2, -0.15) is 9.97 Å². The van der Waals surface area contributed by atoms with Crippen LogP contribution in [0.2, 0.25) is 0 Å². The fraction of sp³-hybridized carbons (Fsp3) is 0.213. The maximum absolute atomic E-state index is 5.39. The molecule has 5 aliphatic carbocycles. The van der Waals surface area contributed by atoms with E-state index in [1.807, 2.05) is 12.1 Å². The fourth-order valence-electron chi connectivity index (χ4n) is 11.5. The summed E-state index contributed by atoms with van der Waals surface area (Å²) >= 11 is 0. The van der Waals surface area contributed by atoms with Crippen molar-refractivity contribution in [1.29, 1.82) is 0 Å². The quantitative estimate of drug-likeness (QED) is 0.190. The Kier molecular flexibility index (Phi) is 5.64. The maximum atomic E-state index is 5.39. The van der Waals surface area contributed by atoms with Crippen molar-refractivity contribution in [3.8, 4) is 39.9 Å². The monoisotopic (exact) mass is 656 g/mol. The number of fused-ring (bicyclic) bond motifs is 8. The van der Waals surface area contributed by atoms with E-state index in [-0.39, 0.29) is 5.41 Å². The minimum absolute atomic E-state index is 0.0119. The Morgan fingerprint density at radius 3 is 1.76 bits per heavy atom. The summed E-state index contributed by atoms with van der Waals surface area (Å²) in [6.07, 6.45) is 6.78. The molecule has 0 atom stereocenters. The summed E-state index contributed by atoms with van der Waals surface area (Å²) < 4.78 is 2.44. The van der Waals surface area contributed by atoms with Crippen LogP contribution >= 0.6 is 0 Å². The lowest BCUT2D eigenvalue weighted by Crippen LogP contribution is -2.55. The van der Waals surface area contributed by atoms with Crippen molar-refractivity contribution in [2.75, 3.05) is 0 Å². The lowest BCUT2D eigenvalue weighted by molar-refractivity contribution is -0.0394. The average Bonchev–Trinajstić information content (AvgIpc) is 3.66. The van der Waals surface area contributed by atoms with Gasteiger partial charge in [0.2, 0.25) is 5.95 Å². The minimum Gasteiger partial charge on any atom is -0.277 e. The fourth-order valence-corrected chi connectivity index (χ4v) is 11.5. The van der Waals surface area contributed by atoms with Crippen LogP contribution in [-0.4, -0.2) is 19.5 Å². The standard InChI is InChI=1S/C47H36N4/c1-3-11-30(12-4-1)44-48-45(31-13-5-2-6-14-31)50-46(49-44)51-41-27-33-16-8-7-15-32(33)26-39(41)38-20-19-37-36-17-9-10-18-40(36)47(42(37)43(38)51)34-22-28-21-29(24-34)25-35(47)23-28/h1-20,26-29,34-35H,21-25H2. The van der Waals surface area contributed by atoms with Gasteiger partial charge < -0.3 is 0 Å². The highest BCUT2D eigenvalue weighted by Gasteiger charge is 2.62. The Hall–Kier alpha value is -5.61. The first kappa shape index (κ1) is 28.1. The lowest BCUT2D eigenvalue weighted by Gasteiger charge is -2.61. The summed E-state index contributed by atoms with van der Waals surface area (Å²) in [6, 6.07) is 48.6. The second kappa shape index (κ2) is 10.2. The van der Waals surface area contributed by atoms with Crippen molar-refractivity contribution in [2.24, 2.45) is 23.7 Å². The topological polar surface area (TPSA) is 43.6 Å². The zero-order valence-electron chi connectivity index (χ0n) is 28.3. The Morgan fingerprint density at radius 2 is 1.10 bits per heavy atom. The van der Waals surface area contributed by atoms with Gasteiger partial charge in [0.15, 0.2) is 11.6 Å². The second-order valence-corrected chi connectivity index (χ2v) is 15.7. The molecule has 2 aromatic heterocycles. The minimum atomic E-state index is -0.0119. The molecule has 4 saturated carbocycles. The number of nitrogens with zero attached hydrogens (tertiary/aromatic N) is 4. The van der Waals surface area contributed by atoms with Crippen molar-refractivity contribution in [1.82, 2.24) is 19.5 Å². The molecule has 1 spiro atoms. The predicted octanol–water partition coefficient (Wildman–Crippen LogP) is 11.2. The van der Waals surface area contributed by atoms with Gasteiger partial charge in [0.05, 0.1) is 11.0 Å². The molecule has 6 aromatic carbocycles. The third kappa shape index (κ3) is 3.77. The van der Waals surface area contributed by atoms with Gasteiger partial charge >= 0.3 is 0 Å². The van der Waals surface area contributed by atoms with Crippen molar-refractivity contribution in [3.63, 3.8) is 0 Å². The zero-order valence-corrected chi connectivity index (χ0v) is 28.3. The van der Waals surface area contributed by atoms with Gasteiger partial charge in [0.25, 0.3) is 0 Å². The molecule has 0 N–H and O–H groups in total. The third-order valence-electron chi connectivity index (χ3n) is 13.2. The molecular formula is C47H36N4. The maximum Gasteiger partial charge on any atom is 0.238 e. The zero-order chi connectivity index (χ0) is 33.3. The van der Waals surface area contributed by atoms with Crippen LogP contribution in [0.3, 0.4) is 0 Å². The molecule has 5 aliphatic rings. The van der Waals surface area contributed by atoms with E-state index in [1.54, 1.807) is 5.56 Å². The Balaban J connectivity index is 1.25. The van der Waals surface area contributed by atoms with Crippen LogP contribution < -0.4 is 0 Å². The van der Waals surface area contributed by atoms with Gasteiger partial charge in [-0.25, -0.2) is 4.98 Å². The van der Waals surface area contributed by atoms with E-state index in [4.69, 9.17) is 15.0 Å². The molecule has 13 rings (SSSR count). The van der Waals surface area contributed by atoms with Gasteiger partial charge in [0.1, 0.15) is 0 Å². The summed E-state index contributed by atoms with van der Waals surface area (Å²) in [5.74, 6) is 5.09. The van der Waals surface area contributed by atoms with Crippen LogP contribution in [-0.2, 0) is 5.41 Å². The van der Waals surface area contributed by atoms with Crippen LogP contribution in [0.25, 0.3) is 72.4 Å². The summed E-state index contributed by atoms with van der Waals surface area (Å²) in [4.78, 5) is 15.9. The largest absolute Gasteiger partial charge is 0.277 e. The van der Waals surface area contributed by atoms with E-state index in [0.29, 0.717) is 29.4 Å². The van der Waals surface area contributed by atoms with E-state index in [2.05, 4.69) is 126 Å². The Labute approximate surface area is 296 Å². The van der Waals surface area contributed by atoms with Crippen molar-refractivity contribution < 1.29 is 0 Å². The molecule has 0 saturated heterocycles. The molecule has 4 nitrogen and oxygen atoms in total. The molecule has 0 unspecified atom stereocenters. The highest BCUT2D eigenvalue weighted by Crippen LogP contribution is 2.70. The number of hydrogen-bond acceptors (Lipinski definition) is 3. The van der Waals surface area contributed by atoms with Crippen LogP contribution in [0.5, 0.6) is 0 Å². The van der Waals surface area contributed by atoms with Crippen molar-refractivity contribution in [2.45, 2.75) is 37.5 Å². The SMILES string of the molecule is c1ccc(-c2nc(-c3ccccc3)nc(-n3c4cc5ccccc5cc4c4ccc5c(c43)C3(c4ccccc4-5)C4CC5CC(C4)CC3C5)n2)cc1. The van der Waals surface area contributed by atoms with Gasteiger partial charge in [-0.05, 0) is 101 Å². The van der Waals surface area contributed by atoms with Gasteiger partial charge in [-0.3, -0.25) is 4.57 Å². The van der Waals surface area contributed by atoms with Gasteiger partial charge in [0, 0.05) is 27.3 Å². The third-order valence-corrected chi connectivity index (χ3v) is 13.2. The molecule has 51 heavy (non-hydrogen) atoms. The smallest absolute Gasteiger partial charge is 0.238 e. The molecule has 244 valence electrons. The summed E-state index contributed by atoms with van der Waals surface area (Å²) in [6.45, 7) is 0. The molecule has 0 amide bonds. The van der Waals surface area contributed by atoms with E-state index < -0.39 is 0 Å². The second-order valence-electron chi connectivity index (χ2n) is 15.7. The average molecular weight is 657 g/mol. The van der Waals surface area contributed by atoms with Crippen LogP contribution in [0.1, 0.15) is 43.2 Å². The first-order valence-electron chi connectivity index (χ1n) is 18.7. The molecule has 4 heteroatoms. The number of rotatable bonds is 3.